The van der Waals surface area contributed by atoms with Crippen LogP contribution in [0.5, 0.6) is 11.5 Å². The average Bonchev–Trinajstić information content (AvgIpc) is 3.18. The maximum absolute atomic E-state index is 13.9. The summed E-state index contributed by atoms with van der Waals surface area (Å²) in [6, 6.07) is 19.2. The molecule has 0 unspecified atom stereocenters. The third kappa shape index (κ3) is 4.33. The van der Waals surface area contributed by atoms with E-state index >= 15 is 0 Å². The number of hydrogen-bond donors (Lipinski definition) is 0. The lowest BCUT2D eigenvalue weighted by Gasteiger charge is -2.29. The number of methoxy groups -OCH3 is 2. The number of nitrogens with zero attached hydrogens (tertiary/aromatic N) is 2. The van der Waals surface area contributed by atoms with Crippen molar-refractivity contribution >= 4 is 27.3 Å². The smallest absolute Gasteiger partial charge is 0.268 e. The molecular weight excluding hydrogens is 452 g/mol. The number of amides is 1. The predicted octanol–water partition coefficient (Wildman–Crippen LogP) is 4.19. The molecular formula is C26H28N2O5S. The molecule has 1 aliphatic rings. The van der Waals surface area contributed by atoms with Gasteiger partial charge in [0.25, 0.3) is 10.0 Å². The molecule has 0 aromatic heterocycles. The van der Waals surface area contributed by atoms with E-state index in [9.17, 15) is 13.2 Å². The highest BCUT2D eigenvalue weighted by atomic mass is 32.2. The molecule has 34 heavy (non-hydrogen) atoms. The monoisotopic (exact) mass is 480 g/mol. The normalized spacial score (nSPS) is 15.1. The Morgan fingerprint density at radius 1 is 1.03 bits per heavy atom. The minimum atomic E-state index is -4.14. The Kier molecular flexibility index (Phi) is 6.52. The molecule has 3 aromatic carbocycles. The Balaban J connectivity index is 1.78. The number of fused-ring (bicyclic) bond motifs is 1. The minimum absolute atomic E-state index is 0.00786. The van der Waals surface area contributed by atoms with Crippen molar-refractivity contribution in [2.45, 2.75) is 31.2 Å². The van der Waals surface area contributed by atoms with Gasteiger partial charge in [0.1, 0.15) is 22.9 Å². The third-order valence-corrected chi connectivity index (χ3v) is 7.80. The van der Waals surface area contributed by atoms with Crippen molar-refractivity contribution < 1.29 is 22.7 Å². The van der Waals surface area contributed by atoms with Crippen LogP contribution in [-0.2, 0) is 21.2 Å². The van der Waals surface area contributed by atoms with Gasteiger partial charge in [-0.15, -0.1) is 0 Å². The van der Waals surface area contributed by atoms with E-state index in [1.807, 2.05) is 38.1 Å². The molecule has 4 rings (SSSR count). The van der Waals surface area contributed by atoms with E-state index in [-0.39, 0.29) is 29.1 Å². The number of carbonyl (C=O) groups excluding carboxylic acids is 1. The zero-order chi connectivity index (χ0) is 24.5. The first-order valence-electron chi connectivity index (χ1n) is 11.0. The Bertz CT molecular complexity index is 1310. The number of benzene rings is 3. The van der Waals surface area contributed by atoms with E-state index in [1.165, 1.54) is 14.2 Å². The number of hydrogen-bond acceptors (Lipinski definition) is 5. The van der Waals surface area contributed by atoms with Gasteiger partial charge in [-0.25, -0.2) is 8.42 Å². The molecule has 0 bridgehead atoms. The van der Waals surface area contributed by atoms with Crippen LogP contribution in [0.3, 0.4) is 0 Å². The van der Waals surface area contributed by atoms with Gasteiger partial charge in [0.15, 0.2) is 0 Å². The largest absolute Gasteiger partial charge is 0.497 e. The Morgan fingerprint density at radius 3 is 2.41 bits per heavy atom. The Hall–Kier alpha value is -3.52. The molecule has 0 spiro atoms. The zero-order valence-electron chi connectivity index (χ0n) is 19.7. The van der Waals surface area contributed by atoms with Crippen LogP contribution in [-0.4, -0.2) is 41.1 Å². The summed E-state index contributed by atoms with van der Waals surface area (Å²) in [6.45, 7) is 3.42. The molecule has 1 atom stereocenters. The molecule has 7 nitrogen and oxygen atoms in total. The van der Waals surface area contributed by atoms with Crippen LogP contribution in [0.25, 0.3) is 0 Å². The number of para-hydroxylation sites is 1. The second-order valence-electron chi connectivity index (χ2n) is 8.31. The van der Waals surface area contributed by atoms with Crippen molar-refractivity contribution in [2.24, 2.45) is 0 Å². The summed E-state index contributed by atoms with van der Waals surface area (Å²) in [5.41, 5.74) is 3.02. The van der Waals surface area contributed by atoms with Crippen LogP contribution >= 0.6 is 0 Å². The van der Waals surface area contributed by atoms with E-state index in [4.69, 9.17) is 9.47 Å². The van der Waals surface area contributed by atoms with Crippen LogP contribution in [0.15, 0.2) is 71.6 Å². The Labute approximate surface area is 200 Å². The molecule has 1 heterocycles. The number of carbonyl (C=O) groups is 1. The van der Waals surface area contributed by atoms with E-state index in [0.717, 1.165) is 27.5 Å². The maximum atomic E-state index is 13.9. The first-order valence-corrected chi connectivity index (χ1v) is 12.4. The van der Waals surface area contributed by atoms with Gasteiger partial charge in [0.05, 0.1) is 19.9 Å². The fraction of sp³-hybridized carbons (Fsp3) is 0.269. The van der Waals surface area contributed by atoms with E-state index in [2.05, 4.69) is 0 Å². The summed E-state index contributed by atoms with van der Waals surface area (Å²) >= 11 is 0. The van der Waals surface area contributed by atoms with Gasteiger partial charge < -0.3 is 14.4 Å². The summed E-state index contributed by atoms with van der Waals surface area (Å²) in [5.74, 6) is 0.502. The third-order valence-electron chi connectivity index (χ3n) is 6.00. The molecule has 178 valence electrons. The maximum Gasteiger partial charge on any atom is 0.268 e. The van der Waals surface area contributed by atoms with Crippen molar-refractivity contribution in [3.8, 4) is 11.5 Å². The van der Waals surface area contributed by atoms with E-state index in [1.54, 1.807) is 47.4 Å². The molecule has 0 aliphatic carbocycles. The van der Waals surface area contributed by atoms with Crippen LogP contribution in [0.2, 0.25) is 0 Å². The second kappa shape index (κ2) is 9.38. The van der Waals surface area contributed by atoms with Gasteiger partial charge >= 0.3 is 0 Å². The fourth-order valence-electron chi connectivity index (χ4n) is 4.31. The van der Waals surface area contributed by atoms with E-state index < -0.39 is 10.0 Å². The lowest BCUT2D eigenvalue weighted by Crippen LogP contribution is -2.45. The highest BCUT2D eigenvalue weighted by Crippen LogP contribution is 2.34. The van der Waals surface area contributed by atoms with Gasteiger partial charge in [-0.05, 0) is 73.9 Å². The minimum Gasteiger partial charge on any atom is -0.497 e. The number of anilines is 2. The first kappa shape index (κ1) is 23.6. The second-order valence-corrected chi connectivity index (χ2v) is 10.1. The lowest BCUT2D eigenvalue weighted by molar-refractivity contribution is -0.117. The predicted molar refractivity (Wildman–Crippen MR) is 132 cm³/mol. The summed E-state index contributed by atoms with van der Waals surface area (Å²) in [4.78, 5) is 15.3. The lowest BCUT2D eigenvalue weighted by atomic mass is 10.1. The molecule has 1 amide bonds. The molecule has 0 saturated heterocycles. The molecule has 0 radical (unpaired) electrons. The van der Waals surface area contributed by atoms with Crippen molar-refractivity contribution in [3.63, 3.8) is 0 Å². The zero-order valence-corrected chi connectivity index (χ0v) is 20.5. The summed E-state index contributed by atoms with van der Waals surface area (Å²) in [6.07, 6.45) is 0.725. The quantitative estimate of drug-likeness (QED) is 0.507. The summed E-state index contributed by atoms with van der Waals surface area (Å²) in [7, 11) is -1.17. The highest BCUT2D eigenvalue weighted by molar-refractivity contribution is 7.93. The SMILES string of the molecule is COc1ccc(N(CC(=O)N2c3ccccc3C[C@@H]2C)S(=O)(=O)c2cc(C)ccc2OC)cc1. The standard InChI is InChI=1S/C26H28N2O5S/c1-18-9-14-24(33-4)25(15-18)34(30,31)27(21-10-12-22(32-3)13-11-21)17-26(29)28-19(2)16-20-7-5-6-8-23(20)28/h5-15,19H,16-17H2,1-4H3/t19-/m0/s1. The number of rotatable bonds is 7. The molecule has 0 N–H and O–H groups in total. The van der Waals surface area contributed by atoms with Crippen LogP contribution in [0, 0.1) is 6.92 Å². The molecule has 0 fully saturated rings. The summed E-state index contributed by atoms with van der Waals surface area (Å²) in [5, 5.41) is 0. The molecule has 8 heteroatoms. The van der Waals surface area contributed by atoms with Gasteiger partial charge in [-0.1, -0.05) is 24.3 Å². The van der Waals surface area contributed by atoms with Crippen molar-refractivity contribution in [1.82, 2.24) is 0 Å². The average molecular weight is 481 g/mol. The number of ether oxygens (including phenoxy) is 2. The highest BCUT2D eigenvalue weighted by Gasteiger charge is 2.35. The van der Waals surface area contributed by atoms with Gasteiger partial charge in [0, 0.05) is 11.7 Å². The van der Waals surface area contributed by atoms with Crippen LogP contribution in [0.4, 0.5) is 11.4 Å². The molecule has 1 aliphatic heterocycles. The number of aryl methyl sites for hydroxylation is 1. The van der Waals surface area contributed by atoms with Crippen molar-refractivity contribution in [3.05, 3.63) is 77.9 Å². The van der Waals surface area contributed by atoms with Gasteiger partial charge in [0.2, 0.25) is 5.91 Å². The fourth-order valence-corrected chi connectivity index (χ4v) is 5.97. The topological polar surface area (TPSA) is 76.2 Å². The molecule has 3 aromatic rings. The van der Waals surface area contributed by atoms with Crippen LogP contribution < -0.4 is 18.7 Å². The first-order chi connectivity index (χ1) is 16.3. The van der Waals surface area contributed by atoms with Gasteiger partial charge in [-0.3, -0.25) is 9.10 Å². The van der Waals surface area contributed by atoms with Crippen molar-refractivity contribution in [2.75, 3.05) is 30.0 Å². The molecule has 0 saturated carbocycles. The van der Waals surface area contributed by atoms with E-state index in [0.29, 0.717) is 11.4 Å². The van der Waals surface area contributed by atoms with Crippen molar-refractivity contribution in [1.29, 1.82) is 0 Å². The van der Waals surface area contributed by atoms with Crippen LogP contribution in [0.1, 0.15) is 18.1 Å². The summed E-state index contributed by atoms with van der Waals surface area (Å²) < 4.78 is 39.6. The number of sulfonamides is 1. The van der Waals surface area contributed by atoms with Gasteiger partial charge in [-0.2, -0.15) is 0 Å². The Morgan fingerprint density at radius 2 is 1.74 bits per heavy atom.